The zero-order valence-corrected chi connectivity index (χ0v) is 23.1. The summed E-state index contributed by atoms with van der Waals surface area (Å²) in [7, 11) is 0.648. The SMILES string of the molecule is C[n+]1ccn(-c2ccccc2P(c2ccccc2)c2ccccc2)c1P(c1ccccc1)c1ccccc1. The Hall–Kier alpha value is -3.83. The summed E-state index contributed by atoms with van der Waals surface area (Å²) in [5, 5.41) is 6.75. The third kappa shape index (κ3) is 4.86. The Morgan fingerprint density at radius 1 is 0.474 bits per heavy atom. The highest BCUT2D eigenvalue weighted by atomic mass is 31.1. The van der Waals surface area contributed by atoms with Gasteiger partial charge in [0.15, 0.2) is 0 Å². The number of rotatable bonds is 7. The molecule has 0 bridgehead atoms. The average Bonchev–Trinajstić information content (AvgIpc) is 3.36. The van der Waals surface area contributed by atoms with Gasteiger partial charge in [-0.15, -0.1) is 0 Å². The fraction of sp³-hybridized carbons (Fsp3) is 0.0294. The highest BCUT2D eigenvalue weighted by molar-refractivity contribution is 7.80. The van der Waals surface area contributed by atoms with Gasteiger partial charge in [0.05, 0.1) is 15.0 Å². The van der Waals surface area contributed by atoms with E-state index in [2.05, 4.69) is 174 Å². The molecule has 38 heavy (non-hydrogen) atoms. The van der Waals surface area contributed by atoms with Crippen molar-refractivity contribution >= 4 is 47.9 Å². The summed E-state index contributed by atoms with van der Waals surface area (Å²) >= 11 is 0. The molecule has 1 heterocycles. The van der Waals surface area contributed by atoms with Gasteiger partial charge in [0.25, 0.3) is 5.57 Å². The first-order valence-corrected chi connectivity index (χ1v) is 15.5. The fourth-order valence-electron chi connectivity index (χ4n) is 4.90. The number of aromatic nitrogens is 2. The molecule has 4 heteroatoms. The molecule has 6 rings (SSSR count). The van der Waals surface area contributed by atoms with Gasteiger partial charge in [-0.05, 0) is 41.3 Å². The predicted molar refractivity (Wildman–Crippen MR) is 164 cm³/mol. The Morgan fingerprint density at radius 2 is 0.868 bits per heavy atom. The van der Waals surface area contributed by atoms with Crippen molar-refractivity contribution in [2.45, 2.75) is 0 Å². The molecule has 0 aliphatic rings. The zero-order valence-electron chi connectivity index (χ0n) is 21.3. The largest absolute Gasteiger partial charge is 0.290 e. The molecule has 2 nitrogen and oxygen atoms in total. The van der Waals surface area contributed by atoms with Crippen LogP contribution in [0.15, 0.2) is 158 Å². The normalized spacial score (nSPS) is 11.2. The van der Waals surface area contributed by atoms with Crippen LogP contribution >= 0.6 is 15.8 Å². The third-order valence-corrected chi connectivity index (χ3v) is 11.7. The van der Waals surface area contributed by atoms with Gasteiger partial charge in [-0.3, -0.25) is 0 Å². The maximum atomic E-state index is 2.43. The second kappa shape index (κ2) is 11.3. The molecule has 6 aromatic rings. The van der Waals surface area contributed by atoms with E-state index in [0.29, 0.717) is 0 Å². The van der Waals surface area contributed by atoms with E-state index in [1.165, 1.54) is 37.8 Å². The Bertz CT molecular complexity index is 1540. The van der Waals surface area contributed by atoms with E-state index in [-0.39, 0.29) is 0 Å². The van der Waals surface area contributed by atoms with Gasteiger partial charge in [-0.1, -0.05) is 133 Å². The third-order valence-electron chi connectivity index (χ3n) is 6.61. The van der Waals surface area contributed by atoms with Crippen molar-refractivity contribution in [3.05, 3.63) is 158 Å². The summed E-state index contributed by atoms with van der Waals surface area (Å²) in [6, 6.07) is 52.7. The van der Waals surface area contributed by atoms with Crippen molar-refractivity contribution in [1.29, 1.82) is 0 Å². The van der Waals surface area contributed by atoms with Crippen LogP contribution in [-0.2, 0) is 7.05 Å². The number of benzene rings is 5. The van der Waals surface area contributed by atoms with Crippen molar-refractivity contribution in [2.24, 2.45) is 7.05 Å². The average molecular weight is 528 g/mol. The van der Waals surface area contributed by atoms with Gasteiger partial charge in [-0.25, -0.2) is 4.57 Å². The molecule has 0 fully saturated rings. The predicted octanol–water partition coefficient (Wildman–Crippen LogP) is 4.82. The zero-order chi connectivity index (χ0) is 25.7. The molecule has 1 aromatic heterocycles. The lowest BCUT2D eigenvalue weighted by atomic mass is 10.3. The van der Waals surface area contributed by atoms with Crippen LogP contribution in [0.4, 0.5) is 0 Å². The summed E-state index contributed by atoms with van der Waals surface area (Å²) in [6.07, 6.45) is 4.43. The van der Waals surface area contributed by atoms with Gasteiger partial charge in [-0.2, -0.15) is 4.57 Å². The van der Waals surface area contributed by atoms with Crippen LogP contribution in [0.25, 0.3) is 5.69 Å². The second-order valence-electron chi connectivity index (χ2n) is 9.08. The van der Waals surface area contributed by atoms with Crippen molar-refractivity contribution in [2.75, 3.05) is 0 Å². The van der Waals surface area contributed by atoms with Crippen LogP contribution < -0.4 is 36.7 Å². The molecule has 0 aliphatic heterocycles. The minimum atomic E-state index is -0.781. The molecular weight excluding hydrogens is 498 g/mol. The Morgan fingerprint density at radius 3 is 1.34 bits per heavy atom. The van der Waals surface area contributed by atoms with Crippen molar-refractivity contribution in [1.82, 2.24) is 4.57 Å². The summed E-state index contributed by atoms with van der Waals surface area (Å²) in [6.45, 7) is 0. The maximum absolute atomic E-state index is 2.43. The number of hydrogen-bond acceptors (Lipinski definition) is 0. The van der Waals surface area contributed by atoms with E-state index in [4.69, 9.17) is 0 Å². The molecule has 0 radical (unpaired) electrons. The lowest BCUT2D eigenvalue weighted by molar-refractivity contribution is -0.652. The van der Waals surface area contributed by atoms with Crippen molar-refractivity contribution < 1.29 is 4.57 Å². The molecule has 0 saturated carbocycles. The quantitative estimate of drug-likeness (QED) is 0.208. The summed E-state index contributed by atoms with van der Waals surface area (Å²) in [5.74, 6) is 0. The van der Waals surface area contributed by atoms with Crippen LogP contribution in [0.5, 0.6) is 0 Å². The van der Waals surface area contributed by atoms with Crippen LogP contribution in [0, 0.1) is 0 Å². The minimum Gasteiger partial charge on any atom is -0.232 e. The van der Waals surface area contributed by atoms with E-state index in [9.17, 15) is 0 Å². The summed E-state index contributed by atoms with van der Waals surface area (Å²) in [5.41, 5.74) is 2.53. The Labute approximate surface area is 227 Å². The summed E-state index contributed by atoms with van der Waals surface area (Å²) < 4.78 is 4.73. The van der Waals surface area contributed by atoms with Gasteiger partial charge >= 0.3 is 0 Å². The standard InChI is InChI=1S/C34H29N2P2/c1-35-26-27-36(34(35)38(30-20-10-4-11-21-30)31-22-12-5-13-23-31)32-24-14-15-25-33(32)37(28-16-6-2-7-17-28)29-18-8-3-9-19-29/h2-27H,1H3/q+1. The van der Waals surface area contributed by atoms with Gasteiger partial charge in [0.1, 0.15) is 18.1 Å². The molecule has 0 unspecified atom stereocenters. The molecular formula is C34H29N2P2+. The smallest absolute Gasteiger partial charge is 0.232 e. The Kier molecular flexibility index (Phi) is 7.27. The van der Waals surface area contributed by atoms with Crippen LogP contribution in [-0.4, -0.2) is 4.57 Å². The first kappa shape index (κ1) is 24.5. The van der Waals surface area contributed by atoms with Crippen molar-refractivity contribution in [3.8, 4) is 5.69 Å². The molecule has 0 saturated heterocycles. The van der Waals surface area contributed by atoms with Crippen molar-refractivity contribution in [3.63, 3.8) is 0 Å². The summed E-state index contributed by atoms with van der Waals surface area (Å²) in [4.78, 5) is 0. The fourth-order valence-corrected chi connectivity index (χ4v) is 9.81. The first-order valence-electron chi connectivity index (χ1n) is 12.8. The number of aryl methyl sites for hydroxylation is 1. The van der Waals surface area contributed by atoms with E-state index in [0.717, 1.165) is 0 Å². The highest BCUT2D eigenvalue weighted by Crippen LogP contribution is 2.37. The lowest BCUT2D eigenvalue weighted by Crippen LogP contribution is -2.48. The van der Waals surface area contributed by atoms with Crippen LogP contribution in [0.1, 0.15) is 0 Å². The molecule has 184 valence electrons. The molecule has 0 atom stereocenters. The topological polar surface area (TPSA) is 8.81 Å². The highest BCUT2D eigenvalue weighted by Gasteiger charge is 2.32. The lowest BCUT2D eigenvalue weighted by Gasteiger charge is -2.22. The molecule has 0 spiro atoms. The van der Waals surface area contributed by atoms with E-state index in [1.807, 2.05) is 0 Å². The number of para-hydroxylation sites is 1. The molecule has 5 aromatic carbocycles. The second-order valence-corrected chi connectivity index (χ2v) is 13.4. The molecule has 0 aliphatic carbocycles. The van der Waals surface area contributed by atoms with Crippen LogP contribution in [0.3, 0.4) is 0 Å². The van der Waals surface area contributed by atoms with E-state index >= 15 is 0 Å². The monoisotopic (exact) mass is 527 g/mol. The van der Waals surface area contributed by atoms with E-state index < -0.39 is 15.8 Å². The Balaban J connectivity index is 1.58. The van der Waals surface area contributed by atoms with E-state index in [1.54, 1.807) is 0 Å². The number of imidazole rings is 1. The maximum Gasteiger partial charge on any atom is 0.290 e. The molecule has 0 N–H and O–H groups in total. The minimum absolute atomic E-state index is 0.744. The van der Waals surface area contributed by atoms with Crippen LogP contribution in [0.2, 0.25) is 0 Å². The number of hydrogen-bond donors (Lipinski definition) is 0. The number of nitrogens with zero attached hydrogens (tertiary/aromatic N) is 2. The van der Waals surface area contributed by atoms with Gasteiger partial charge in [0.2, 0.25) is 0 Å². The first-order chi connectivity index (χ1) is 18.8. The van der Waals surface area contributed by atoms with Gasteiger partial charge in [0, 0.05) is 5.30 Å². The van der Waals surface area contributed by atoms with Gasteiger partial charge < -0.3 is 0 Å². The molecule has 0 amide bonds.